The summed E-state index contributed by atoms with van der Waals surface area (Å²) in [5.74, 6) is -0.564. The second kappa shape index (κ2) is 9.61. The number of nitrogens with one attached hydrogen (secondary N) is 1. The van der Waals surface area contributed by atoms with Gasteiger partial charge in [0, 0.05) is 0 Å². The third-order valence-corrected chi connectivity index (χ3v) is 3.87. The van der Waals surface area contributed by atoms with Gasteiger partial charge < -0.3 is 15.2 Å². The maximum atomic E-state index is 11.6. The van der Waals surface area contributed by atoms with E-state index in [1.807, 2.05) is 0 Å². The van der Waals surface area contributed by atoms with E-state index in [2.05, 4.69) is 12.2 Å². The minimum absolute atomic E-state index is 0.357. The number of hydrogen-bond donors (Lipinski definition) is 2. The molecule has 1 amide bonds. The molecule has 0 radical (unpaired) electrons. The first-order valence-corrected chi connectivity index (χ1v) is 7.79. The molecule has 0 bridgehead atoms. The minimum Gasteiger partial charge on any atom is -0.480 e. The lowest BCUT2D eigenvalue weighted by Crippen LogP contribution is -2.42. The summed E-state index contributed by atoms with van der Waals surface area (Å²) >= 11 is 0. The predicted octanol–water partition coefficient (Wildman–Crippen LogP) is 3.33. The molecular weight excluding hydrogens is 258 g/mol. The Labute approximate surface area is 121 Å². The normalized spacial score (nSPS) is 17.4. The summed E-state index contributed by atoms with van der Waals surface area (Å²) in [5, 5.41) is 11.7. The van der Waals surface area contributed by atoms with Crippen molar-refractivity contribution in [3.8, 4) is 0 Å². The molecule has 5 nitrogen and oxygen atoms in total. The Morgan fingerprint density at radius 1 is 1.25 bits per heavy atom. The molecule has 1 saturated carbocycles. The monoisotopic (exact) mass is 285 g/mol. The van der Waals surface area contributed by atoms with Gasteiger partial charge in [0.05, 0.1) is 6.61 Å². The number of carbonyl (C=O) groups excluding carboxylic acids is 1. The zero-order valence-corrected chi connectivity index (χ0v) is 12.4. The summed E-state index contributed by atoms with van der Waals surface area (Å²) in [6, 6.07) is -0.822. The van der Waals surface area contributed by atoms with Gasteiger partial charge in [0.2, 0.25) is 0 Å². The van der Waals surface area contributed by atoms with Crippen LogP contribution in [0.15, 0.2) is 0 Å². The summed E-state index contributed by atoms with van der Waals surface area (Å²) in [6.45, 7) is 2.43. The van der Waals surface area contributed by atoms with Crippen LogP contribution in [0.2, 0.25) is 0 Å². The lowest BCUT2D eigenvalue weighted by Gasteiger charge is -2.24. The van der Waals surface area contributed by atoms with Gasteiger partial charge in [0.1, 0.15) is 6.04 Å². The SMILES string of the molecule is CCCCCOC(=O)NC(CC1CCCCC1)C(=O)O. The van der Waals surface area contributed by atoms with Crippen molar-refractivity contribution in [2.75, 3.05) is 6.61 Å². The molecule has 0 aromatic heterocycles. The number of ether oxygens (including phenoxy) is 1. The predicted molar refractivity (Wildman–Crippen MR) is 76.6 cm³/mol. The van der Waals surface area contributed by atoms with Crippen molar-refractivity contribution < 1.29 is 19.4 Å². The highest BCUT2D eigenvalue weighted by Crippen LogP contribution is 2.27. The topological polar surface area (TPSA) is 75.6 Å². The quantitative estimate of drug-likeness (QED) is 0.671. The Morgan fingerprint density at radius 2 is 1.95 bits per heavy atom. The molecule has 0 aromatic rings. The van der Waals surface area contributed by atoms with Crippen molar-refractivity contribution in [3.05, 3.63) is 0 Å². The Hall–Kier alpha value is -1.26. The van der Waals surface area contributed by atoms with Crippen LogP contribution in [0.5, 0.6) is 0 Å². The highest BCUT2D eigenvalue weighted by Gasteiger charge is 2.25. The molecule has 2 N–H and O–H groups in total. The lowest BCUT2D eigenvalue weighted by atomic mass is 9.85. The number of carboxylic acids is 1. The van der Waals surface area contributed by atoms with E-state index >= 15 is 0 Å². The number of aliphatic carboxylic acids is 1. The van der Waals surface area contributed by atoms with E-state index in [1.54, 1.807) is 0 Å². The Bertz CT molecular complexity index is 300. The zero-order chi connectivity index (χ0) is 14.8. The van der Waals surface area contributed by atoms with Crippen molar-refractivity contribution >= 4 is 12.1 Å². The van der Waals surface area contributed by atoms with Crippen LogP contribution in [-0.4, -0.2) is 29.8 Å². The van der Waals surface area contributed by atoms with Crippen LogP contribution in [0, 0.1) is 5.92 Å². The molecule has 0 aromatic carbocycles. The highest BCUT2D eigenvalue weighted by molar-refractivity contribution is 5.79. The molecule has 1 unspecified atom stereocenters. The van der Waals surface area contributed by atoms with Gasteiger partial charge in [-0.05, 0) is 18.8 Å². The van der Waals surface area contributed by atoms with Gasteiger partial charge in [0.15, 0.2) is 0 Å². The van der Waals surface area contributed by atoms with Gasteiger partial charge in [-0.3, -0.25) is 0 Å². The van der Waals surface area contributed by atoms with E-state index in [1.165, 1.54) is 19.3 Å². The number of unbranched alkanes of at least 4 members (excludes halogenated alkanes) is 2. The van der Waals surface area contributed by atoms with Crippen molar-refractivity contribution in [2.24, 2.45) is 5.92 Å². The zero-order valence-electron chi connectivity index (χ0n) is 12.4. The van der Waals surface area contributed by atoms with Crippen LogP contribution in [0.3, 0.4) is 0 Å². The first-order chi connectivity index (χ1) is 9.63. The smallest absolute Gasteiger partial charge is 0.407 e. The van der Waals surface area contributed by atoms with Crippen molar-refractivity contribution in [1.29, 1.82) is 0 Å². The number of carboxylic acid groups (broad SMARTS) is 1. The molecule has 0 saturated heterocycles. The van der Waals surface area contributed by atoms with E-state index in [0.717, 1.165) is 32.1 Å². The fraction of sp³-hybridized carbons (Fsp3) is 0.867. The van der Waals surface area contributed by atoms with Crippen molar-refractivity contribution in [3.63, 3.8) is 0 Å². The second-order valence-corrected chi connectivity index (χ2v) is 5.62. The average Bonchev–Trinajstić information content (AvgIpc) is 2.44. The van der Waals surface area contributed by atoms with E-state index < -0.39 is 18.1 Å². The molecule has 1 rings (SSSR count). The molecule has 1 aliphatic rings. The summed E-state index contributed by atoms with van der Waals surface area (Å²) in [6.07, 6.45) is 8.50. The summed E-state index contributed by atoms with van der Waals surface area (Å²) < 4.78 is 5.00. The van der Waals surface area contributed by atoms with Gasteiger partial charge >= 0.3 is 12.1 Å². The molecule has 116 valence electrons. The Morgan fingerprint density at radius 3 is 2.55 bits per heavy atom. The molecule has 0 heterocycles. The maximum absolute atomic E-state index is 11.6. The fourth-order valence-corrected chi connectivity index (χ4v) is 2.68. The highest BCUT2D eigenvalue weighted by atomic mass is 16.5. The van der Waals surface area contributed by atoms with Gasteiger partial charge in [0.25, 0.3) is 0 Å². The first kappa shape index (κ1) is 16.8. The first-order valence-electron chi connectivity index (χ1n) is 7.79. The molecule has 1 fully saturated rings. The molecule has 1 aliphatic carbocycles. The fourth-order valence-electron chi connectivity index (χ4n) is 2.68. The van der Waals surface area contributed by atoms with E-state index in [0.29, 0.717) is 18.9 Å². The standard InChI is InChI=1S/C15H27NO4/c1-2-3-7-10-20-15(19)16-13(14(17)18)11-12-8-5-4-6-9-12/h12-13H,2-11H2,1H3,(H,16,19)(H,17,18). The van der Waals surface area contributed by atoms with E-state index in [9.17, 15) is 14.7 Å². The van der Waals surface area contributed by atoms with Crippen LogP contribution in [0.1, 0.15) is 64.7 Å². The average molecular weight is 285 g/mol. The number of rotatable bonds is 8. The largest absolute Gasteiger partial charge is 0.480 e. The molecule has 0 aliphatic heterocycles. The summed E-state index contributed by atoms with van der Waals surface area (Å²) in [5.41, 5.74) is 0. The summed E-state index contributed by atoms with van der Waals surface area (Å²) in [7, 11) is 0. The number of carbonyl (C=O) groups is 2. The molecule has 0 spiro atoms. The Kier molecular flexibility index (Phi) is 8.07. The van der Waals surface area contributed by atoms with Crippen LogP contribution in [0.4, 0.5) is 4.79 Å². The van der Waals surface area contributed by atoms with Crippen molar-refractivity contribution in [1.82, 2.24) is 5.32 Å². The van der Waals surface area contributed by atoms with Gasteiger partial charge in [-0.2, -0.15) is 0 Å². The molecule has 5 heteroatoms. The second-order valence-electron chi connectivity index (χ2n) is 5.62. The molecular formula is C15H27NO4. The van der Waals surface area contributed by atoms with Crippen LogP contribution < -0.4 is 5.32 Å². The third kappa shape index (κ3) is 6.78. The number of hydrogen-bond acceptors (Lipinski definition) is 3. The van der Waals surface area contributed by atoms with Gasteiger partial charge in [-0.1, -0.05) is 51.9 Å². The molecule has 20 heavy (non-hydrogen) atoms. The van der Waals surface area contributed by atoms with Crippen LogP contribution >= 0.6 is 0 Å². The molecule has 1 atom stereocenters. The maximum Gasteiger partial charge on any atom is 0.407 e. The van der Waals surface area contributed by atoms with E-state index in [-0.39, 0.29) is 0 Å². The van der Waals surface area contributed by atoms with Crippen LogP contribution in [-0.2, 0) is 9.53 Å². The number of alkyl carbamates (subject to hydrolysis) is 1. The van der Waals surface area contributed by atoms with E-state index in [4.69, 9.17) is 4.74 Å². The third-order valence-electron chi connectivity index (χ3n) is 3.87. The Balaban J connectivity index is 2.30. The van der Waals surface area contributed by atoms with Crippen LogP contribution in [0.25, 0.3) is 0 Å². The number of amides is 1. The minimum atomic E-state index is -0.971. The van der Waals surface area contributed by atoms with Gasteiger partial charge in [-0.25, -0.2) is 9.59 Å². The summed E-state index contributed by atoms with van der Waals surface area (Å²) in [4.78, 5) is 22.8. The van der Waals surface area contributed by atoms with Crippen molar-refractivity contribution in [2.45, 2.75) is 70.8 Å². The lowest BCUT2D eigenvalue weighted by molar-refractivity contribution is -0.139. The van der Waals surface area contributed by atoms with Gasteiger partial charge in [-0.15, -0.1) is 0 Å².